The van der Waals surface area contributed by atoms with Crippen molar-refractivity contribution in [3.05, 3.63) is 0 Å². The maximum atomic E-state index is 11.6. The largest absolute Gasteiger partial charge is 0.463 e. The van der Waals surface area contributed by atoms with Gasteiger partial charge in [0, 0.05) is 33.3 Å². The zero-order chi connectivity index (χ0) is 20.4. The van der Waals surface area contributed by atoms with Gasteiger partial charge in [-0.2, -0.15) is 0 Å². The highest BCUT2D eigenvalue weighted by Gasteiger charge is 2.48. The Morgan fingerprint density at radius 1 is 0.889 bits per heavy atom. The first kappa shape index (κ1) is 23.3. The molecule has 9 nitrogen and oxygen atoms in total. The van der Waals surface area contributed by atoms with Crippen molar-refractivity contribution in [2.24, 2.45) is 5.92 Å². The highest BCUT2D eigenvalue weighted by atomic mass is 16.7. The van der Waals surface area contributed by atoms with Crippen LogP contribution in [0.4, 0.5) is 0 Å². The van der Waals surface area contributed by atoms with Gasteiger partial charge in [-0.15, -0.1) is 0 Å². The zero-order valence-corrected chi connectivity index (χ0v) is 16.6. The Hall–Kier alpha value is -1.71. The lowest BCUT2D eigenvalue weighted by Gasteiger charge is -2.43. The minimum Gasteiger partial charge on any atom is -0.463 e. The van der Waals surface area contributed by atoms with Crippen LogP contribution in [0.15, 0.2) is 0 Å². The minimum atomic E-state index is -0.919. The van der Waals surface area contributed by atoms with E-state index in [4.69, 9.17) is 28.4 Å². The van der Waals surface area contributed by atoms with Gasteiger partial charge in [-0.25, -0.2) is 0 Å². The molecule has 0 N–H and O–H groups in total. The van der Waals surface area contributed by atoms with E-state index in [0.29, 0.717) is 13.2 Å². The first-order valence-electron chi connectivity index (χ1n) is 9.08. The van der Waals surface area contributed by atoms with E-state index >= 15 is 0 Å². The molecule has 27 heavy (non-hydrogen) atoms. The molecule has 0 aromatic heterocycles. The number of carbonyl (C=O) groups excluding carboxylic acids is 3. The number of rotatable bonds is 10. The summed E-state index contributed by atoms with van der Waals surface area (Å²) in [4.78, 5) is 34.2. The molecule has 9 heteroatoms. The van der Waals surface area contributed by atoms with E-state index in [1.165, 1.54) is 20.8 Å². The highest BCUT2D eigenvalue weighted by Crippen LogP contribution is 2.31. The molecule has 5 atom stereocenters. The number of carbonyl (C=O) groups is 3. The quantitative estimate of drug-likeness (QED) is 0.309. The van der Waals surface area contributed by atoms with Crippen LogP contribution in [0.25, 0.3) is 0 Å². The summed E-state index contributed by atoms with van der Waals surface area (Å²) in [6.45, 7) is 8.67. The third-order valence-corrected chi connectivity index (χ3v) is 3.86. The molecular weight excluding hydrogens is 360 g/mol. The van der Waals surface area contributed by atoms with Gasteiger partial charge in [0.05, 0.1) is 13.2 Å². The third-order valence-electron chi connectivity index (χ3n) is 3.86. The fourth-order valence-electron chi connectivity index (χ4n) is 2.73. The van der Waals surface area contributed by atoms with Gasteiger partial charge in [-0.05, 0) is 6.42 Å². The van der Waals surface area contributed by atoms with Crippen LogP contribution in [-0.2, 0) is 42.8 Å². The maximum Gasteiger partial charge on any atom is 0.303 e. The number of esters is 3. The molecule has 0 amide bonds. The standard InChI is InChI=1S/C18H30O9/c1-6-7-22-8-9-23-18-11(2)16(25-13(4)20)17(26-14(5)21)15(27-18)10-24-12(3)19/h11,15-18H,6-10H2,1-5H3. The average Bonchev–Trinajstić information content (AvgIpc) is 2.57. The molecule has 1 aliphatic heterocycles. The lowest BCUT2D eigenvalue weighted by atomic mass is 9.92. The number of hydrogen-bond donors (Lipinski definition) is 0. The molecule has 0 saturated carbocycles. The van der Waals surface area contributed by atoms with Gasteiger partial charge in [-0.3, -0.25) is 14.4 Å². The van der Waals surface area contributed by atoms with Crippen LogP contribution in [0.5, 0.6) is 0 Å². The minimum absolute atomic E-state index is 0.163. The number of ether oxygens (including phenoxy) is 6. The van der Waals surface area contributed by atoms with Crippen molar-refractivity contribution >= 4 is 17.9 Å². The molecule has 1 saturated heterocycles. The van der Waals surface area contributed by atoms with Crippen molar-refractivity contribution in [3.63, 3.8) is 0 Å². The highest BCUT2D eigenvalue weighted by molar-refractivity contribution is 5.67. The zero-order valence-electron chi connectivity index (χ0n) is 16.6. The molecule has 0 aliphatic carbocycles. The summed E-state index contributed by atoms with van der Waals surface area (Å²) in [6.07, 6.45) is -2.40. The topological polar surface area (TPSA) is 107 Å². The maximum absolute atomic E-state index is 11.6. The lowest BCUT2D eigenvalue weighted by Crippen LogP contribution is -2.58. The van der Waals surface area contributed by atoms with E-state index < -0.39 is 48.4 Å². The normalized spacial score (nSPS) is 27.7. The summed E-state index contributed by atoms with van der Waals surface area (Å²) in [5.74, 6) is -2.01. The van der Waals surface area contributed by atoms with Gasteiger partial charge in [0.2, 0.25) is 0 Å². The molecule has 1 heterocycles. The van der Waals surface area contributed by atoms with Gasteiger partial charge in [0.1, 0.15) is 18.8 Å². The van der Waals surface area contributed by atoms with Crippen molar-refractivity contribution in [1.82, 2.24) is 0 Å². The summed E-state index contributed by atoms with van der Waals surface area (Å²) in [5, 5.41) is 0. The van der Waals surface area contributed by atoms with Gasteiger partial charge < -0.3 is 28.4 Å². The fourth-order valence-corrected chi connectivity index (χ4v) is 2.73. The van der Waals surface area contributed by atoms with Crippen LogP contribution < -0.4 is 0 Å². The second-order valence-corrected chi connectivity index (χ2v) is 6.34. The van der Waals surface area contributed by atoms with Crippen LogP contribution in [0.3, 0.4) is 0 Å². The summed E-state index contributed by atoms with van der Waals surface area (Å²) in [6, 6.07) is 0. The molecule has 0 spiro atoms. The Kier molecular flexibility index (Phi) is 10.3. The molecule has 1 fully saturated rings. The Balaban J connectivity index is 2.89. The van der Waals surface area contributed by atoms with Crippen LogP contribution in [-0.4, -0.2) is 68.9 Å². The Bertz CT molecular complexity index is 493. The van der Waals surface area contributed by atoms with E-state index in [9.17, 15) is 14.4 Å². The predicted molar refractivity (Wildman–Crippen MR) is 92.6 cm³/mol. The lowest BCUT2D eigenvalue weighted by molar-refractivity contribution is -0.290. The van der Waals surface area contributed by atoms with Crippen LogP contribution in [0.1, 0.15) is 41.0 Å². The molecule has 0 aromatic rings. The predicted octanol–water partition coefficient (Wildman–Crippen LogP) is 1.22. The first-order chi connectivity index (χ1) is 12.8. The van der Waals surface area contributed by atoms with Crippen molar-refractivity contribution in [3.8, 4) is 0 Å². The third kappa shape index (κ3) is 8.23. The monoisotopic (exact) mass is 390 g/mol. The second kappa shape index (κ2) is 11.9. The average molecular weight is 390 g/mol. The van der Waals surface area contributed by atoms with Crippen LogP contribution in [0, 0.1) is 5.92 Å². The molecule has 156 valence electrons. The Morgan fingerprint density at radius 3 is 2.07 bits per heavy atom. The van der Waals surface area contributed by atoms with Crippen molar-refractivity contribution in [1.29, 1.82) is 0 Å². The Labute approximate surface area is 159 Å². The van der Waals surface area contributed by atoms with E-state index in [1.54, 1.807) is 6.92 Å². The SMILES string of the molecule is CCCOCCOC1OC(COC(C)=O)C(OC(C)=O)C(OC(C)=O)C1C. The summed E-state index contributed by atoms with van der Waals surface area (Å²) >= 11 is 0. The van der Waals surface area contributed by atoms with Gasteiger partial charge in [0.15, 0.2) is 12.4 Å². The summed E-state index contributed by atoms with van der Waals surface area (Å²) in [5.41, 5.74) is 0. The van der Waals surface area contributed by atoms with E-state index in [0.717, 1.165) is 6.42 Å². The first-order valence-corrected chi connectivity index (χ1v) is 9.08. The van der Waals surface area contributed by atoms with Gasteiger partial charge in [0.25, 0.3) is 0 Å². The molecule has 1 rings (SSSR count). The van der Waals surface area contributed by atoms with Gasteiger partial charge in [-0.1, -0.05) is 13.8 Å². The fraction of sp³-hybridized carbons (Fsp3) is 0.833. The van der Waals surface area contributed by atoms with E-state index in [1.807, 2.05) is 6.92 Å². The van der Waals surface area contributed by atoms with Crippen molar-refractivity contribution in [2.75, 3.05) is 26.4 Å². The van der Waals surface area contributed by atoms with E-state index in [-0.39, 0.29) is 13.2 Å². The van der Waals surface area contributed by atoms with Crippen LogP contribution in [0.2, 0.25) is 0 Å². The Morgan fingerprint density at radius 2 is 1.52 bits per heavy atom. The molecule has 0 radical (unpaired) electrons. The number of hydrogen-bond acceptors (Lipinski definition) is 9. The smallest absolute Gasteiger partial charge is 0.303 e. The molecule has 5 unspecified atom stereocenters. The second-order valence-electron chi connectivity index (χ2n) is 6.34. The van der Waals surface area contributed by atoms with E-state index in [2.05, 4.69) is 0 Å². The van der Waals surface area contributed by atoms with Gasteiger partial charge >= 0.3 is 17.9 Å². The molecular formula is C18H30O9. The van der Waals surface area contributed by atoms with Crippen LogP contribution >= 0.6 is 0 Å². The molecule has 0 bridgehead atoms. The summed E-state index contributed by atoms with van der Waals surface area (Å²) < 4.78 is 32.7. The van der Waals surface area contributed by atoms with Crippen molar-refractivity contribution < 1.29 is 42.8 Å². The van der Waals surface area contributed by atoms with Crippen molar-refractivity contribution in [2.45, 2.75) is 65.6 Å². The molecule has 0 aromatic carbocycles. The molecule has 1 aliphatic rings. The summed E-state index contributed by atoms with van der Waals surface area (Å²) in [7, 11) is 0.